The number of nitrogens with zero attached hydrogens (tertiary/aromatic N) is 1. The van der Waals surface area contributed by atoms with Gasteiger partial charge in [-0.25, -0.2) is 0 Å². The number of carbonyl (C=O) groups is 2. The molecule has 2 amide bonds. The van der Waals surface area contributed by atoms with Gasteiger partial charge in [0, 0.05) is 16.8 Å². The lowest BCUT2D eigenvalue weighted by Crippen LogP contribution is -2.46. The monoisotopic (exact) mass is 452 g/mol. The van der Waals surface area contributed by atoms with Gasteiger partial charge in [0.2, 0.25) is 5.91 Å². The van der Waals surface area contributed by atoms with Crippen LogP contribution in [0.3, 0.4) is 0 Å². The van der Waals surface area contributed by atoms with E-state index in [1.807, 2.05) is 0 Å². The summed E-state index contributed by atoms with van der Waals surface area (Å²) in [4.78, 5) is 28.7. The Bertz CT molecular complexity index is 1060. The van der Waals surface area contributed by atoms with Gasteiger partial charge in [0.1, 0.15) is 11.8 Å². The highest BCUT2D eigenvalue weighted by Gasteiger charge is 2.35. The molecule has 4 rings (SSSR count). The Morgan fingerprint density at radius 2 is 1.84 bits per heavy atom. The lowest BCUT2D eigenvalue weighted by atomic mass is 10.0. The van der Waals surface area contributed by atoms with Gasteiger partial charge in [-0.05, 0) is 60.9 Å². The van der Waals surface area contributed by atoms with E-state index in [-0.39, 0.29) is 17.7 Å². The summed E-state index contributed by atoms with van der Waals surface area (Å²) in [5.41, 5.74) is 1.16. The van der Waals surface area contributed by atoms with Crippen LogP contribution in [0.1, 0.15) is 47.8 Å². The third-order valence-electron chi connectivity index (χ3n) is 5.68. The van der Waals surface area contributed by atoms with Gasteiger partial charge in [-0.2, -0.15) is 0 Å². The SMILES string of the molecule is COc1ccc([C@H](C(=O)NC2CCCC2)N(C(=O)c2ccco2)c2cccc(Cl)c2)cc1. The molecule has 1 fully saturated rings. The lowest BCUT2D eigenvalue weighted by Gasteiger charge is -2.32. The van der Waals surface area contributed by atoms with E-state index in [2.05, 4.69) is 5.32 Å². The molecule has 6 nitrogen and oxygen atoms in total. The van der Waals surface area contributed by atoms with Gasteiger partial charge >= 0.3 is 0 Å². The van der Waals surface area contributed by atoms with Gasteiger partial charge in [-0.3, -0.25) is 14.5 Å². The Hall–Kier alpha value is -3.25. The van der Waals surface area contributed by atoms with E-state index in [0.29, 0.717) is 22.0 Å². The highest BCUT2D eigenvalue weighted by atomic mass is 35.5. The number of hydrogen-bond donors (Lipinski definition) is 1. The van der Waals surface area contributed by atoms with Crippen LogP contribution in [0.15, 0.2) is 71.3 Å². The average Bonchev–Trinajstić information content (AvgIpc) is 3.51. The van der Waals surface area contributed by atoms with Crippen LogP contribution in [0.25, 0.3) is 0 Å². The lowest BCUT2D eigenvalue weighted by molar-refractivity contribution is -0.123. The Kier molecular flexibility index (Phi) is 6.81. The van der Waals surface area contributed by atoms with Crippen LogP contribution in [0.4, 0.5) is 5.69 Å². The van der Waals surface area contributed by atoms with Crippen molar-refractivity contribution in [3.63, 3.8) is 0 Å². The van der Waals surface area contributed by atoms with E-state index in [1.165, 1.54) is 11.2 Å². The van der Waals surface area contributed by atoms with E-state index >= 15 is 0 Å². The van der Waals surface area contributed by atoms with Crippen molar-refractivity contribution in [1.29, 1.82) is 0 Å². The summed E-state index contributed by atoms with van der Waals surface area (Å²) in [6.07, 6.45) is 5.47. The molecule has 7 heteroatoms. The smallest absolute Gasteiger partial charge is 0.294 e. The van der Waals surface area contributed by atoms with Gasteiger partial charge in [-0.15, -0.1) is 0 Å². The second kappa shape index (κ2) is 9.92. The topological polar surface area (TPSA) is 71.8 Å². The van der Waals surface area contributed by atoms with Crippen molar-refractivity contribution >= 4 is 29.1 Å². The molecule has 0 bridgehead atoms. The maximum atomic E-state index is 13.6. The first-order valence-corrected chi connectivity index (χ1v) is 11.0. The van der Waals surface area contributed by atoms with Crippen molar-refractivity contribution in [2.75, 3.05) is 12.0 Å². The number of furan rings is 1. The largest absolute Gasteiger partial charge is 0.497 e. The molecular weight excluding hydrogens is 428 g/mol. The van der Waals surface area contributed by atoms with Crippen molar-refractivity contribution in [3.05, 3.63) is 83.3 Å². The zero-order valence-electron chi connectivity index (χ0n) is 17.8. The van der Waals surface area contributed by atoms with E-state index in [0.717, 1.165) is 25.7 Å². The van der Waals surface area contributed by atoms with Gasteiger partial charge in [0.05, 0.1) is 13.4 Å². The van der Waals surface area contributed by atoms with Crippen molar-refractivity contribution in [2.45, 2.75) is 37.8 Å². The number of ether oxygens (including phenoxy) is 1. The third-order valence-corrected chi connectivity index (χ3v) is 5.91. The standard InChI is InChI=1S/C25H25ClN2O4/c1-31-21-13-11-17(12-14-21)23(24(29)27-19-7-2-3-8-19)28(20-9-4-6-18(26)16-20)25(30)22-10-5-15-32-22/h4-6,9-16,19,23H,2-3,7-8H2,1H3,(H,27,29)/t23-/m1/s1. The predicted molar refractivity (Wildman–Crippen MR) is 123 cm³/mol. The molecule has 0 unspecified atom stereocenters. The second-order valence-electron chi connectivity index (χ2n) is 7.80. The molecule has 2 aromatic carbocycles. The number of hydrogen-bond acceptors (Lipinski definition) is 4. The number of amides is 2. The van der Waals surface area contributed by atoms with Gasteiger partial charge in [0.15, 0.2) is 5.76 Å². The summed E-state index contributed by atoms with van der Waals surface area (Å²) in [5.74, 6) is 0.120. The minimum atomic E-state index is -0.919. The molecule has 1 aliphatic rings. The molecular formula is C25H25ClN2O4. The fourth-order valence-corrected chi connectivity index (χ4v) is 4.27. The highest BCUT2D eigenvalue weighted by molar-refractivity contribution is 6.31. The van der Waals surface area contributed by atoms with E-state index < -0.39 is 11.9 Å². The molecule has 3 aromatic rings. The molecule has 0 saturated heterocycles. The number of benzene rings is 2. The Balaban J connectivity index is 1.80. The summed E-state index contributed by atoms with van der Waals surface area (Å²) < 4.78 is 10.7. The molecule has 0 aliphatic heterocycles. The van der Waals surface area contributed by atoms with Crippen LogP contribution in [0, 0.1) is 0 Å². The van der Waals surface area contributed by atoms with Crippen molar-refractivity contribution < 1.29 is 18.7 Å². The van der Waals surface area contributed by atoms with Crippen LogP contribution in [-0.2, 0) is 4.79 Å². The highest BCUT2D eigenvalue weighted by Crippen LogP contribution is 2.33. The molecule has 1 saturated carbocycles. The number of nitrogens with one attached hydrogen (secondary N) is 1. The summed E-state index contributed by atoms with van der Waals surface area (Å²) in [7, 11) is 1.58. The summed E-state index contributed by atoms with van der Waals surface area (Å²) in [6.45, 7) is 0. The molecule has 1 aromatic heterocycles. The molecule has 0 radical (unpaired) electrons. The molecule has 166 valence electrons. The fourth-order valence-electron chi connectivity index (χ4n) is 4.08. The number of anilines is 1. The Morgan fingerprint density at radius 3 is 2.47 bits per heavy atom. The van der Waals surface area contributed by atoms with Crippen LogP contribution in [0.5, 0.6) is 5.75 Å². The first-order valence-electron chi connectivity index (χ1n) is 10.6. The zero-order chi connectivity index (χ0) is 22.5. The van der Waals surface area contributed by atoms with E-state index in [9.17, 15) is 9.59 Å². The van der Waals surface area contributed by atoms with Crippen LogP contribution >= 0.6 is 11.6 Å². The molecule has 1 atom stereocenters. The summed E-state index contributed by atoms with van der Waals surface area (Å²) in [6, 6.07) is 16.5. The Labute approximate surface area is 192 Å². The maximum absolute atomic E-state index is 13.6. The normalized spacial score (nSPS) is 14.7. The second-order valence-corrected chi connectivity index (χ2v) is 8.23. The zero-order valence-corrected chi connectivity index (χ0v) is 18.5. The fraction of sp³-hybridized carbons (Fsp3) is 0.280. The molecule has 1 N–H and O–H groups in total. The average molecular weight is 453 g/mol. The van der Waals surface area contributed by atoms with Crippen LogP contribution in [0.2, 0.25) is 5.02 Å². The number of carbonyl (C=O) groups excluding carboxylic acids is 2. The predicted octanol–water partition coefficient (Wildman–Crippen LogP) is 5.39. The molecule has 1 heterocycles. The van der Waals surface area contributed by atoms with Crippen molar-refractivity contribution in [1.82, 2.24) is 5.32 Å². The first kappa shape index (κ1) is 22.0. The number of halogens is 1. The van der Waals surface area contributed by atoms with Gasteiger partial charge < -0.3 is 14.5 Å². The first-order chi connectivity index (χ1) is 15.6. The van der Waals surface area contributed by atoms with E-state index in [4.69, 9.17) is 20.8 Å². The van der Waals surface area contributed by atoms with Crippen molar-refractivity contribution in [2.24, 2.45) is 0 Å². The maximum Gasteiger partial charge on any atom is 0.294 e. The van der Waals surface area contributed by atoms with Gasteiger partial charge in [0.25, 0.3) is 5.91 Å². The van der Waals surface area contributed by atoms with E-state index in [1.54, 1.807) is 67.8 Å². The minimum Gasteiger partial charge on any atom is -0.497 e. The van der Waals surface area contributed by atoms with Crippen molar-refractivity contribution in [3.8, 4) is 5.75 Å². The summed E-state index contributed by atoms with van der Waals surface area (Å²) >= 11 is 6.25. The van der Waals surface area contributed by atoms with Gasteiger partial charge in [-0.1, -0.05) is 42.6 Å². The summed E-state index contributed by atoms with van der Waals surface area (Å²) in [5, 5.41) is 3.61. The minimum absolute atomic E-state index is 0.100. The van der Waals surface area contributed by atoms with Crippen LogP contribution < -0.4 is 15.0 Å². The molecule has 32 heavy (non-hydrogen) atoms. The number of rotatable bonds is 7. The third kappa shape index (κ3) is 4.81. The Morgan fingerprint density at radius 1 is 1.09 bits per heavy atom. The number of methoxy groups -OCH3 is 1. The molecule has 1 aliphatic carbocycles. The quantitative estimate of drug-likeness (QED) is 0.521. The van der Waals surface area contributed by atoms with Crippen LogP contribution in [-0.4, -0.2) is 25.0 Å². The molecule has 0 spiro atoms.